The minimum absolute atomic E-state index is 0.0405. The first-order valence-corrected chi connectivity index (χ1v) is 14.8. The van der Waals surface area contributed by atoms with Gasteiger partial charge >= 0.3 is 11.4 Å². The summed E-state index contributed by atoms with van der Waals surface area (Å²) in [6.07, 6.45) is 2.98. The Kier molecular flexibility index (Phi) is 7.38. The van der Waals surface area contributed by atoms with Gasteiger partial charge in [0.25, 0.3) is 0 Å². The molecule has 1 fully saturated rings. The Hall–Kier alpha value is -5.18. The first-order chi connectivity index (χ1) is 21.8. The Morgan fingerprint density at radius 1 is 1.00 bits per heavy atom. The lowest BCUT2D eigenvalue weighted by Crippen LogP contribution is -2.39. The van der Waals surface area contributed by atoms with Crippen LogP contribution in [-0.4, -0.2) is 59.5 Å². The number of aromatic hydroxyl groups is 1. The highest BCUT2D eigenvalue weighted by atomic mass is 79.9. The number of carbonyl (C=O) groups is 4. The quantitative estimate of drug-likeness (QED) is 0.150. The lowest BCUT2D eigenvalue weighted by Gasteiger charge is -2.42. The number of hydrogen-bond donors (Lipinski definition) is 1. The summed E-state index contributed by atoms with van der Waals surface area (Å²) in [5.74, 6) is -5.82. The molecule has 4 atom stereocenters. The van der Waals surface area contributed by atoms with Crippen LogP contribution >= 0.6 is 15.9 Å². The summed E-state index contributed by atoms with van der Waals surface area (Å²) in [5.41, 5.74) is -0.461. The summed E-state index contributed by atoms with van der Waals surface area (Å²) >= 11 is 3.16. The van der Waals surface area contributed by atoms with Crippen LogP contribution in [0.25, 0.3) is 0 Å². The van der Waals surface area contributed by atoms with Gasteiger partial charge in [-0.3, -0.25) is 39.4 Å². The fourth-order valence-electron chi connectivity index (χ4n) is 7.18. The van der Waals surface area contributed by atoms with Crippen molar-refractivity contribution in [3.05, 3.63) is 89.5 Å². The van der Waals surface area contributed by atoms with Crippen LogP contribution in [0, 0.1) is 38.0 Å². The maximum atomic E-state index is 14.2. The number of nitrogens with zero attached hydrogens (tertiary/aromatic N) is 4. The van der Waals surface area contributed by atoms with Crippen molar-refractivity contribution in [2.45, 2.75) is 18.8 Å². The molecule has 236 valence electrons. The zero-order valence-corrected chi connectivity index (χ0v) is 26.1. The highest BCUT2D eigenvalue weighted by Gasteiger charge is 2.57. The van der Waals surface area contributed by atoms with E-state index in [0.29, 0.717) is 11.1 Å². The predicted molar refractivity (Wildman–Crippen MR) is 166 cm³/mol. The molecule has 0 aromatic heterocycles. The van der Waals surface area contributed by atoms with Gasteiger partial charge in [0.2, 0.25) is 11.8 Å². The summed E-state index contributed by atoms with van der Waals surface area (Å²) in [7, 11) is 4.19. The fourth-order valence-corrected chi connectivity index (χ4v) is 7.63. The first kappa shape index (κ1) is 30.8. The van der Waals surface area contributed by atoms with Gasteiger partial charge in [0, 0.05) is 49.4 Å². The van der Waals surface area contributed by atoms with Gasteiger partial charge in [-0.25, -0.2) is 4.90 Å². The molecule has 1 aliphatic heterocycles. The SMILES string of the molecule is COc1ccc([C@H]2C3=CC[C@@H]4C(=O)N(c5cc([N+](=O)[O-])c(N(C)C)c([N+](=O)[O-])c5)C(=O)[C@@H]4[C@@H]3CC3=C2C(=O)C=C(Br)C3=O)cc1O. The maximum Gasteiger partial charge on any atom is 0.301 e. The molecule has 3 aliphatic carbocycles. The van der Waals surface area contributed by atoms with Crippen molar-refractivity contribution in [2.75, 3.05) is 31.0 Å². The molecule has 46 heavy (non-hydrogen) atoms. The molecule has 0 spiro atoms. The number of amides is 2. The van der Waals surface area contributed by atoms with Crippen molar-refractivity contribution >= 4 is 62.1 Å². The fraction of sp³-hybridized carbons (Fsp3) is 0.290. The molecule has 14 nitrogen and oxygen atoms in total. The van der Waals surface area contributed by atoms with E-state index in [1.807, 2.05) is 0 Å². The lowest BCUT2D eigenvalue weighted by atomic mass is 9.59. The number of imide groups is 1. The number of phenols is 1. The number of fused-ring (bicyclic) bond motifs is 3. The second kappa shape index (κ2) is 11.0. The smallest absolute Gasteiger partial charge is 0.301 e. The lowest BCUT2D eigenvalue weighted by molar-refractivity contribution is -0.392. The van der Waals surface area contributed by atoms with Gasteiger partial charge in [-0.1, -0.05) is 17.7 Å². The molecule has 1 saturated heterocycles. The summed E-state index contributed by atoms with van der Waals surface area (Å²) in [5, 5.41) is 34.6. The standard InChI is InChI=1S/C31H25BrN4O10/c1-33(2)28-20(35(42)43)9-14(10-21(28)36(44)45)34-30(40)16-6-5-15-17(26(16)31(34)41)11-18-27(23(38)12-19(32)29(18)39)25(15)13-4-7-24(46-3)22(37)8-13/h4-5,7-10,12,16-17,25-26,37H,6,11H2,1-3H3/t16-,17+,25-,26-/m0/s1. The van der Waals surface area contributed by atoms with Gasteiger partial charge in [-0.2, -0.15) is 0 Å². The number of allylic oxidation sites excluding steroid dienone is 6. The number of halogens is 1. The number of phenolic OH excluding ortho intramolecular Hbond substituents is 1. The third-order valence-corrected chi connectivity index (χ3v) is 9.61. The van der Waals surface area contributed by atoms with Gasteiger partial charge < -0.3 is 14.7 Å². The molecule has 1 N–H and O–H groups in total. The van der Waals surface area contributed by atoms with Crippen molar-refractivity contribution in [1.29, 1.82) is 0 Å². The predicted octanol–water partition coefficient (Wildman–Crippen LogP) is 4.25. The van der Waals surface area contributed by atoms with E-state index in [9.17, 15) is 44.5 Å². The molecule has 2 aromatic carbocycles. The van der Waals surface area contributed by atoms with Gasteiger partial charge in [-0.05, 0) is 52.4 Å². The Bertz CT molecular complexity index is 1880. The van der Waals surface area contributed by atoms with E-state index in [2.05, 4.69) is 15.9 Å². The summed E-state index contributed by atoms with van der Waals surface area (Å²) in [6.45, 7) is 0. The third kappa shape index (κ3) is 4.52. The molecular weight excluding hydrogens is 668 g/mol. The van der Waals surface area contributed by atoms with Gasteiger partial charge in [0.05, 0.1) is 39.0 Å². The summed E-state index contributed by atoms with van der Waals surface area (Å²) < 4.78 is 5.21. The molecule has 2 aromatic rings. The van der Waals surface area contributed by atoms with Crippen LogP contribution in [0.15, 0.2) is 63.7 Å². The molecule has 0 saturated carbocycles. The van der Waals surface area contributed by atoms with Crippen LogP contribution in [0.3, 0.4) is 0 Å². The van der Waals surface area contributed by atoms with E-state index in [1.54, 1.807) is 12.1 Å². The molecule has 4 aliphatic rings. The number of carbonyl (C=O) groups excluding carboxylic acids is 4. The van der Waals surface area contributed by atoms with Crippen molar-refractivity contribution in [2.24, 2.45) is 17.8 Å². The Balaban J connectivity index is 1.49. The van der Waals surface area contributed by atoms with E-state index in [-0.39, 0.29) is 51.3 Å². The number of ketones is 2. The number of nitro benzene ring substituents is 2. The van der Waals surface area contributed by atoms with E-state index in [4.69, 9.17) is 4.74 Å². The number of Topliss-reactive ketones (excluding diaryl/α,β-unsaturated/α-hetero) is 1. The van der Waals surface area contributed by atoms with Crippen LogP contribution in [0.1, 0.15) is 24.3 Å². The van der Waals surface area contributed by atoms with Crippen LogP contribution in [0.2, 0.25) is 0 Å². The highest BCUT2D eigenvalue weighted by Crippen LogP contribution is 2.56. The van der Waals surface area contributed by atoms with Crippen LogP contribution < -0.4 is 14.5 Å². The second-order valence-corrected chi connectivity index (χ2v) is 12.4. The highest BCUT2D eigenvalue weighted by molar-refractivity contribution is 9.12. The zero-order valence-electron chi connectivity index (χ0n) is 24.6. The van der Waals surface area contributed by atoms with Gasteiger partial charge in [0.1, 0.15) is 0 Å². The number of rotatable bonds is 6. The molecular formula is C31H25BrN4O10. The Labute approximate surface area is 269 Å². The number of ether oxygens (including phenoxy) is 1. The largest absolute Gasteiger partial charge is 0.504 e. The first-order valence-electron chi connectivity index (χ1n) is 14.0. The molecule has 0 unspecified atom stereocenters. The molecule has 2 amide bonds. The van der Waals surface area contributed by atoms with Crippen molar-refractivity contribution in [3.8, 4) is 11.5 Å². The number of nitro groups is 2. The molecule has 1 heterocycles. The minimum atomic E-state index is -1.03. The van der Waals surface area contributed by atoms with Gasteiger partial charge in [-0.15, -0.1) is 0 Å². The summed E-state index contributed by atoms with van der Waals surface area (Å²) in [6, 6.07) is 6.53. The molecule has 0 bridgehead atoms. The van der Waals surface area contributed by atoms with Crippen LogP contribution in [-0.2, 0) is 19.2 Å². The van der Waals surface area contributed by atoms with Crippen molar-refractivity contribution in [3.63, 3.8) is 0 Å². The number of anilines is 2. The molecule has 0 radical (unpaired) electrons. The topological polar surface area (TPSA) is 190 Å². The zero-order chi connectivity index (χ0) is 33.4. The third-order valence-electron chi connectivity index (χ3n) is 9.02. The second-order valence-electron chi connectivity index (χ2n) is 11.6. The van der Waals surface area contributed by atoms with Crippen LogP contribution in [0.4, 0.5) is 22.7 Å². The van der Waals surface area contributed by atoms with E-state index in [1.165, 1.54) is 44.3 Å². The Morgan fingerprint density at radius 3 is 2.22 bits per heavy atom. The average Bonchev–Trinajstić information content (AvgIpc) is 3.27. The Morgan fingerprint density at radius 2 is 1.65 bits per heavy atom. The van der Waals surface area contributed by atoms with E-state index < -0.39 is 68.3 Å². The van der Waals surface area contributed by atoms with Crippen molar-refractivity contribution in [1.82, 2.24) is 0 Å². The number of hydrogen-bond acceptors (Lipinski definition) is 11. The van der Waals surface area contributed by atoms with E-state index in [0.717, 1.165) is 17.0 Å². The monoisotopic (exact) mass is 692 g/mol. The number of benzene rings is 2. The van der Waals surface area contributed by atoms with Crippen molar-refractivity contribution < 1.29 is 38.9 Å². The number of methoxy groups -OCH3 is 1. The van der Waals surface area contributed by atoms with Crippen LogP contribution in [0.5, 0.6) is 11.5 Å². The summed E-state index contributed by atoms with van der Waals surface area (Å²) in [4.78, 5) is 79.2. The maximum absolute atomic E-state index is 14.2. The van der Waals surface area contributed by atoms with Gasteiger partial charge in [0.15, 0.2) is 28.8 Å². The molecule has 15 heteroatoms. The average molecular weight is 693 g/mol. The molecule has 6 rings (SSSR count). The van der Waals surface area contributed by atoms with E-state index >= 15 is 0 Å². The normalized spacial score (nSPS) is 23.8. The minimum Gasteiger partial charge on any atom is -0.504 e.